The van der Waals surface area contributed by atoms with E-state index in [0.717, 1.165) is 0 Å². The van der Waals surface area contributed by atoms with E-state index in [0.29, 0.717) is 11.1 Å². The van der Waals surface area contributed by atoms with Gasteiger partial charge in [0, 0.05) is 11.1 Å². The van der Waals surface area contributed by atoms with Gasteiger partial charge < -0.3 is 39.8 Å². The third-order valence-electron chi connectivity index (χ3n) is 7.92. The van der Waals surface area contributed by atoms with Gasteiger partial charge in [-0.05, 0) is 98.8 Å². The van der Waals surface area contributed by atoms with E-state index in [1.54, 1.807) is 26.0 Å². The second-order valence-corrected chi connectivity index (χ2v) is 11.7. The van der Waals surface area contributed by atoms with E-state index in [1.165, 1.54) is 99.1 Å². The number of anilines is 2. The second kappa shape index (κ2) is 16.2. The lowest BCUT2D eigenvalue weighted by atomic mass is 10.1. The molecule has 54 heavy (non-hydrogen) atoms. The highest BCUT2D eigenvalue weighted by molar-refractivity contribution is 6.09. The summed E-state index contributed by atoms with van der Waals surface area (Å²) >= 11 is 0. The minimum atomic E-state index is -1.20. The molecule has 5 rings (SSSR count). The summed E-state index contributed by atoms with van der Waals surface area (Å²) in [6.45, 7) is 3.46. The summed E-state index contributed by atoms with van der Waals surface area (Å²) in [7, 11) is 2.63. The molecule has 14 nitrogen and oxygen atoms in total. The second-order valence-electron chi connectivity index (χ2n) is 11.7. The Balaban J connectivity index is 1.23. The van der Waals surface area contributed by atoms with Gasteiger partial charge in [0.05, 0.1) is 47.8 Å². The number of esters is 2. The van der Waals surface area contributed by atoms with Crippen LogP contribution in [-0.2, 0) is 0 Å². The van der Waals surface area contributed by atoms with Crippen molar-refractivity contribution in [3.63, 3.8) is 0 Å². The average Bonchev–Trinajstić information content (AvgIpc) is 3.16. The third-order valence-corrected chi connectivity index (χ3v) is 7.92. The van der Waals surface area contributed by atoms with E-state index in [9.17, 15) is 39.0 Å². The monoisotopic (exact) mass is 732 g/mol. The highest BCUT2D eigenvalue weighted by atomic mass is 16.6. The van der Waals surface area contributed by atoms with Gasteiger partial charge in [-0.2, -0.15) is 0 Å². The SMILES string of the molecule is COc1cc(C(=O)Nc2ccc(C)cc2C(=O)O)ccc1OC(=O)c1ccc(C(=O)Oc2ccc(C(=O)Nc3ccc(C)cc3C(=O)O)cc2OC)cc1. The number of aromatic carboxylic acids is 2. The number of hydrogen-bond donors (Lipinski definition) is 4. The summed E-state index contributed by atoms with van der Waals surface area (Å²) in [5, 5.41) is 24.1. The van der Waals surface area contributed by atoms with E-state index in [-0.39, 0.29) is 67.8 Å². The molecule has 0 heterocycles. The quantitative estimate of drug-likeness (QED) is 0.0786. The zero-order chi connectivity index (χ0) is 39.1. The molecule has 0 saturated heterocycles. The number of ether oxygens (including phenoxy) is 4. The summed E-state index contributed by atoms with van der Waals surface area (Å²) in [5.74, 6) is -5.14. The van der Waals surface area contributed by atoms with Crippen molar-refractivity contribution in [2.75, 3.05) is 24.9 Å². The predicted molar refractivity (Wildman–Crippen MR) is 195 cm³/mol. The van der Waals surface area contributed by atoms with E-state index in [4.69, 9.17) is 18.9 Å². The largest absolute Gasteiger partial charge is 0.493 e. The maximum Gasteiger partial charge on any atom is 0.343 e. The fraction of sp³-hybridized carbons (Fsp3) is 0.100. The van der Waals surface area contributed by atoms with Gasteiger partial charge in [-0.3, -0.25) is 9.59 Å². The molecule has 0 aliphatic carbocycles. The number of benzene rings is 5. The first-order valence-corrected chi connectivity index (χ1v) is 16.0. The van der Waals surface area contributed by atoms with Crippen LogP contribution in [0.3, 0.4) is 0 Å². The number of amides is 2. The Kier molecular flexibility index (Phi) is 11.4. The van der Waals surface area contributed by atoms with Crippen LogP contribution in [0.25, 0.3) is 0 Å². The number of carbonyl (C=O) groups is 6. The van der Waals surface area contributed by atoms with Crippen LogP contribution in [0.15, 0.2) is 97.1 Å². The van der Waals surface area contributed by atoms with Gasteiger partial charge in [-0.25, -0.2) is 19.2 Å². The van der Waals surface area contributed by atoms with E-state index < -0.39 is 35.7 Å². The molecular weight excluding hydrogens is 700 g/mol. The first kappa shape index (κ1) is 37.8. The van der Waals surface area contributed by atoms with Gasteiger partial charge in [0.25, 0.3) is 11.8 Å². The minimum absolute atomic E-state index is 0.00508. The summed E-state index contributed by atoms with van der Waals surface area (Å²) in [4.78, 5) is 75.1. The summed E-state index contributed by atoms with van der Waals surface area (Å²) in [6, 6.07) is 22.7. The fourth-order valence-electron chi connectivity index (χ4n) is 5.12. The maximum absolute atomic E-state index is 13.0. The van der Waals surface area contributed by atoms with Crippen LogP contribution in [0.5, 0.6) is 23.0 Å². The van der Waals surface area contributed by atoms with Crippen LogP contribution >= 0.6 is 0 Å². The molecule has 5 aromatic rings. The number of carboxylic acid groups (broad SMARTS) is 2. The van der Waals surface area contributed by atoms with Gasteiger partial charge in [-0.1, -0.05) is 23.3 Å². The van der Waals surface area contributed by atoms with Crippen LogP contribution in [0.1, 0.15) is 73.3 Å². The van der Waals surface area contributed by atoms with Gasteiger partial charge >= 0.3 is 23.9 Å². The van der Waals surface area contributed by atoms with E-state index >= 15 is 0 Å². The van der Waals surface area contributed by atoms with Gasteiger partial charge in [-0.15, -0.1) is 0 Å². The number of aryl methyl sites for hydroxylation is 2. The van der Waals surface area contributed by atoms with Gasteiger partial charge in [0.1, 0.15) is 0 Å². The van der Waals surface area contributed by atoms with Gasteiger partial charge in [0.2, 0.25) is 0 Å². The predicted octanol–water partition coefficient (Wildman–Crippen LogP) is 6.66. The molecule has 0 aliphatic heterocycles. The topological polar surface area (TPSA) is 204 Å². The molecule has 14 heteroatoms. The summed E-state index contributed by atoms with van der Waals surface area (Å²) < 4.78 is 21.6. The zero-order valence-electron chi connectivity index (χ0n) is 29.2. The molecule has 0 radical (unpaired) electrons. The Morgan fingerprint density at radius 2 is 0.815 bits per heavy atom. The van der Waals surface area contributed by atoms with Crippen LogP contribution in [-0.4, -0.2) is 60.1 Å². The van der Waals surface area contributed by atoms with Crippen molar-refractivity contribution in [3.8, 4) is 23.0 Å². The Hall–Kier alpha value is -7.48. The number of methoxy groups -OCH3 is 2. The molecule has 0 saturated carbocycles. The molecule has 0 unspecified atom stereocenters. The number of nitrogens with one attached hydrogen (secondary N) is 2. The Labute approximate surface area is 307 Å². The first-order chi connectivity index (χ1) is 25.8. The summed E-state index contributed by atoms with van der Waals surface area (Å²) in [5.41, 5.74) is 1.84. The van der Waals surface area contributed by atoms with Crippen LogP contribution in [0.4, 0.5) is 11.4 Å². The van der Waals surface area contributed by atoms with Crippen molar-refractivity contribution in [1.82, 2.24) is 0 Å². The Morgan fingerprint density at radius 1 is 0.463 bits per heavy atom. The minimum Gasteiger partial charge on any atom is -0.493 e. The standard InChI is InChI=1S/C40H32N2O12/c1-21-5-13-29(27(17-21)37(45)46)41-35(43)25-11-15-31(33(19-25)51-3)53-39(49)23-7-9-24(10-8-23)40(50)54-32-16-12-26(20-34(32)52-4)36(44)42-30-14-6-22(2)18-28(30)38(47)48/h5-20H,1-4H3,(H,41,43)(H,42,44)(H,45,46)(H,47,48). The lowest BCUT2D eigenvalue weighted by Crippen LogP contribution is -2.16. The summed E-state index contributed by atoms with van der Waals surface area (Å²) in [6.07, 6.45) is 0. The van der Waals surface area contributed by atoms with Crippen molar-refractivity contribution in [2.24, 2.45) is 0 Å². The normalized spacial score (nSPS) is 10.4. The Bertz CT molecular complexity index is 2150. The molecule has 0 bridgehead atoms. The molecule has 0 aromatic heterocycles. The van der Waals surface area contributed by atoms with Crippen molar-refractivity contribution in [2.45, 2.75) is 13.8 Å². The van der Waals surface area contributed by atoms with Crippen molar-refractivity contribution in [3.05, 3.63) is 142 Å². The number of rotatable bonds is 12. The molecule has 0 fully saturated rings. The molecule has 0 aliphatic rings. The van der Waals surface area contributed by atoms with Crippen molar-refractivity contribution < 1.29 is 57.9 Å². The number of carbonyl (C=O) groups excluding carboxylic acids is 4. The zero-order valence-corrected chi connectivity index (χ0v) is 29.2. The molecular formula is C40H32N2O12. The molecule has 0 spiro atoms. The molecule has 0 atom stereocenters. The molecule has 2 amide bonds. The van der Waals surface area contributed by atoms with Crippen LogP contribution < -0.4 is 29.6 Å². The smallest absolute Gasteiger partial charge is 0.343 e. The Morgan fingerprint density at radius 3 is 1.15 bits per heavy atom. The van der Waals surface area contributed by atoms with Crippen molar-refractivity contribution >= 4 is 47.1 Å². The average molecular weight is 733 g/mol. The molecule has 5 aromatic carbocycles. The molecule has 274 valence electrons. The molecule has 4 N–H and O–H groups in total. The fourth-order valence-corrected chi connectivity index (χ4v) is 5.12. The van der Waals surface area contributed by atoms with Crippen molar-refractivity contribution in [1.29, 1.82) is 0 Å². The van der Waals surface area contributed by atoms with Gasteiger partial charge in [0.15, 0.2) is 23.0 Å². The maximum atomic E-state index is 13.0. The van der Waals surface area contributed by atoms with E-state index in [2.05, 4.69) is 10.6 Å². The first-order valence-electron chi connectivity index (χ1n) is 16.0. The van der Waals surface area contributed by atoms with E-state index in [1.807, 2.05) is 0 Å². The highest BCUT2D eigenvalue weighted by Gasteiger charge is 2.21. The highest BCUT2D eigenvalue weighted by Crippen LogP contribution is 2.31. The number of hydrogen-bond acceptors (Lipinski definition) is 10. The van der Waals surface area contributed by atoms with Crippen LogP contribution in [0, 0.1) is 13.8 Å². The van der Waals surface area contributed by atoms with Crippen LogP contribution in [0.2, 0.25) is 0 Å². The third kappa shape index (κ3) is 8.69. The lowest BCUT2D eigenvalue weighted by molar-refractivity contribution is 0.0686. The lowest BCUT2D eigenvalue weighted by Gasteiger charge is -2.13. The number of carboxylic acids is 2.